The van der Waals surface area contributed by atoms with Crippen molar-refractivity contribution < 1.29 is 18.7 Å². The minimum absolute atomic E-state index is 0.0236. The molecule has 1 aromatic rings. The lowest BCUT2D eigenvalue weighted by atomic mass is 10.0. The number of rotatable bonds is 5. The predicted octanol–water partition coefficient (Wildman–Crippen LogP) is 1.67. The first kappa shape index (κ1) is 16.9. The van der Waals surface area contributed by atoms with Crippen molar-refractivity contribution in [3.63, 3.8) is 0 Å². The van der Waals surface area contributed by atoms with Crippen LogP contribution in [0.3, 0.4) is 0 Å². The summed E-state index contributed by atoms with van der Waals surface area (Å²) in [6, 6.07) is 6.88. The van der Waals surface area contributed by atoms with Gasteiger partial charge in [0, 0.05) is 44.7 Å². The van der Waals surface area contributed by atoms with E-state index in [0.29, 0.717) is 18.4 Å². The zero-order valence-corrected chi connectivity index (χ0v) is 13.9. The molecular weight excluding hydrogens is 311 g/mol. The van der Waals surface area contributed by atoms with E-state index in [0.717, 1.165) is 31.7 Å². The van der Waals surface area contributed by atoms with Crippen LogP contribution in [-0.4, -0.2) is 55.0 Å². The molecule has 0 spiro atoms. The Hall–Kier alpha value is -1.95. The van der Waals surface area contributed by atoms with Gasteiger partial charge in [0.25, 0.3) is 0 Å². The number of halogens is 1. The van der Waals surface area contributed by atoms with E-state index in [1.54, 1.807) is 6.07 Å². The molecule has 0 unspecified atom stereocenters. The summed E-state index contributed by atoms with van der Waals surface area (Å²) in [5.41, 5.74) is 0.725. The highest BCUT2D eigenvalue weighted by Gasteiger charge is 2.41. The average molecular weight is 334 g/mol. The number of amides is 1. The van der Waals surface area contributed by atoms with Gasteiger partial charge in [-0.15, -0.1) is 0 Å². The van der Waals surface area contributed by atoms with E-state index in [4.69, 9.17) is 0 Å². The molecule has 2 fully saturated rings. The molecule has 2 aliphatic rings. The van der Waals surface area contributed by atoms with Crippen LogP contribution >= 0.6 is 0 Å². The number of esters is 1. The van der Waals surface area contributed by atoms with E-state index in [1.165, 1.54) is 13.2 Å². The zero-order valence-electron chi connectivity index (χ0n) is 13.9. The second-order valence-corrected chi connectivity index (χ2v) is 6.68. The van der Waals surface area contributed by atoms with Crippen LogP contribution in [0.25, 0.3) is 0 Å². The van der Waals surface area contributed by atoms with Crippen molar-refractivity contribution in [2.24, 2.45) is 11.8 Å². The summed E-state index contributed by atoms with van der Waals surface area (Å²) in [6.07, 6.45) is 0.353. The largest absolute Gasteiger partial charge is 0.469 e. The molecule has 0 aliphatic carbocycles. The van der Waals surface area contributed by atoms with Crippen molar-refractivity contribution in [1.82, 2.24) is 9.80 Å². The highest BCUT2D eigenvalue weighted by atomic mass is 19.1. The van der Waals surface area contributed by atoms with Gasteiger partial charge in [-0.1, -0.05) is 18.2 Å². The van der Waals surface area contributed by atoms with E-state index in [9.17, 15) is 14.0 Å². The monoisotopic (exact) mass is 334 g/mol. The van der Waals surface area contributed by atoms with Gasteiger partial charge in [-0.25, -0.2) is 4.39 Å². The Morgan fingerprint density at radius 3 is 2.42 bits per heavy atom. The third-order valence-corrected chi connectivity index (χ3v) is 5.04. The number of likely N-dealkylation sites (tertiary alicyclic amines) is 2. The minimum Gasteiger partial charge on any atom is -0.469 e. The first-order chi connectivity index (χ1) is 11.6. The molecule has 0 aromatic heterocycles. The predicted molar refractivity (Wildman–Crippen MR) is 86.5 cm³/mol. The van der Waals surface area contributed by atoms with Gasteiger partial charge in [0.1, 0.15) is 5.82 Å². The highest BCUT2D eigenvalue weighted by molar-refractivity contribution is 5.81. The number of hydrogen-bond acceptors (Lipinski definition) is 4. The lowest BCUT2D eigenvalue weighted by Gasteiger charge is -2.21. The molecule has 0 bridgehead atoms. The van der Waals surface area contributed by atoms with E-state index in [2.05, 4.69) is 9.64 Å². The summed E-state index contributed by atoms with van der Waals surface area (Å²) in [5.74, 6) is 0.404. The third kappa shape index (κ3) is 3.75. The van der Waals surface area contributed by atoms with Gasteiger partial charge in [0.15, 0.2) is 0 Å². The molecule has 0 N–H and O–H groups in total. The number of hydrogen-bond donors (Lipinski definition) is 0. The van der Waals surface area contributed by atoms with Gasteiger partial charge in [-0.2, -0.15) is 0 Å². The Morgan fingerprint density at radius 2 is 1.79 bits per heavy atom. The Bertz CT molecular complexity index is 608. The van der Waals surface area contributed by atoms with Crippen LogP contribution in [0.15, 0.2) is 24.3 Å². The molecule has 6 heteroatoms. The van der Waals surface area contributed by atoms with Crippen LogP contribution in [0.5, 0.6) is 0 Å². The molecule has 3 rings (SSSR count). The van der Waals surface area contributed by atoms with Crippen molar-refractivity contribution in [3.05, 3.63) is 35.6 Å². The summed E-state index contributed by atoms with van der Waals surface area (Å²) in [4.78, 5) is 27.4. The molecule has 1 aromatic carbocycles. The molecule has 2 heterocycles. The van der Waals surface area contributed by atoms with Crippen LogP contribution in [-0.2, 0) is 20.9 Å². The maximum Gasteiger partial charge on any atom is 0.306 e. The van der Waals surface area contributed by atoms with Crippen LogP contribution in [0.1, 0.15) is 18.4 Å². The number of fused-ring (bicyclic) bond motifs is 1. The van der Waals surface area contributed by atoms with Gasteiger partial charge >= 0.3 is 5.97 Å². The Morgan fingerprint density at radius 1 is 1.12 bits per heavy atom. The average Bonchev–Trinajstić information content (AvgIpc) is 3.12. The summed E-state index contributed by atoms with van der Waals surface area (Å²) < 4.78 is 18.3. The fraction of sp³-hybridized carbons (Fsp3) is 0.556. The summed E-state index contributed by atoms with van der Waals surface area (Å²) in [7, 11) is 1.33. The summed E-state index contributed by atoms with van der Waals surface area (Å²) in [6.45, 7) is 3.87. The molecule has 24 heavy (non-hydrogen) atoms. The fourth-order valence-corrected chi connectivity index (χ4v) is 3.76. The number of nitrogens with zero attached hydrogens (tertiary/aromatic N) is 2. The lowest BCUT2D eigenvalue weighted by molar-refractivity contribution is -0.143. The van der Waals surface area contributed by atoms with Crippen LogP contribution in [0.4, 0.5) is 4.39 Å². The maximum absolute atomic E-state index is 13.8. The second-order valence-electron chi connectivity index (χ2n) is 6.68. The van der Waals surface area contributed by atoms with E-state index >= 15 is 0 Å². The van der Waals surface area contributed by atoms with Crippen molar-refractivity contribution in [3.8, 4) is 0 Å². The molecule has 2 aliphatic heterocycles. The first-order valence-corrected chi connectivity index (χ1v) is 8.37. The van der Waals surface area contributed by atoms with E-state index < -0.39 is 0 Å². The summed E-state index contributed by atoms with van der Waals surface area (Å²) >= 11 is 0. The quantitative estimate of drug-likeness (QED) is 0.769. The Labute approximate surface area is 141 Å². The standard InChI is InChI=1S/C18H23FN2O3/c1-24-18(23)7-6-17(22)21-11-14-9-20(10-15(14)12-21)8-13-4-2-3-5-16(13)19/h2-5,14-15H,6-12H2,1H3/t14-,15+. The van der Waals surface area contributed by atoms with E-state index in [-0.39, 0.29) is 30.5 Å². The van der Waals surface area contributed by atoms with Gasteiger partial charge in [-0.3, -0.25) is 14.5 Å². The van der Waals surface area contributed by atoms with Gasteiger partial charge in [0.05, 0.1) is 13.5 Å². The number of carbonyl (C=O) groups is 2. The number of ether oxygens (including phenoxy) is 1. The first-order valence-electron chi connectivity index (χ1n) is 8.37. The highest BCUT2D eigenvalue weighted by Crippen LogP contribution is 2.32. The topological polar surface area (TPSA) is 49.9 Å². The molecule has 2 atom stereocenters. The molecule has 130 valence electrons. The Balaban J connectivity index is 1.48. The molecule has 2 saturated heterocycles. The third-order valence-electron chi connectivity index (χ3n) is 5.04. The number of carbonyl (C=O) groups excluding carboxylic acids is 2. The molecule has 0 saturated carbocycles. The van der Waals surface area contributed by atoms with E-state index in [1.807, 2.05) is 17.0 Å². The van der Waals surface area contributed by atoms with Gasteiger partial charge in [-0.05, 0) is 17.9 Å². The van der Waals surface area contributed by atoms with Crippen molar-refractivity contribution in [2.75, 3.05) is 33.3 Å². The van der Waals surface area contributed by atoms with Crippen LogP contribution in [0.2, 0.25) is 0 Å². The molecular formula is C18H23FN2O3. The summed E-state index contributed by atoms with van der Waals surface area (Å²) in [5, 5.41) is 0. The van der Waals surface area contributed by atoms with Gasteiger partial charge in [0.2, 0.25) is 5.91 Å². The minimum atomic E-state index is -0.348. The molecule has 5 nitrogen and oxygen atoms in total. The maximum atomic E-state index is 13.8. The van der Waals surface area contributed by atoms with Crippen LogP contribution < -0.4 is 0 Å². The van der Waals surface area contributed by atoms with Crippen LogP contribution in [0, 0.1) is 17.7 Å². The Kier molecular flexibility index (Phi) is 5.14. The zero-order chi connectivity index (χ0) is 17.1. The number of benzene rings is 1. The SMILES string of the molecule is COC(=O)CCC(=O)N1C[C@H]2CN(Cc3ccccc3F)C[C@H]2C1. The second kappa shape index (κ2) is 7.30. The normalized spacial score (nSPS) is 23.3. The number of methoxy groups -OCH3 is 1. The smallest absolute Gasteiger partial charge is 0.306 e. The van der Waals surface area contributed by atoms with Crippen molar-refractivity contribution in [2.45, 2.75) is 19.4 Å². The molecule has 1 amide bonds. The van der Waals surface area contributed by atoms with Gasteiger partial charge < -0.3 is 9.64 Å². The lowest BCUT2D eigenvalue weighted by Crippen LogP contribution is -2.33. The van der Waals surface area contributed by atoms with Crippen molar-refractivity contribution >= 4 is 11.9 Å². The van der Waals surface area contributed by atoms with Crippen molar-refractivity contribution in [1.29, 1.82) is 0 Å². The fourth-order valence-electron chi connectivity index (χ4n) is 3.76. The molecule has 0 radical (unpaired) electrons.